The molecule has 1 aromatic carbocycles. The number of hydrogen-bond acceptors (Lipinski definition) is 3. The number of imidazole rings is 1. The van der Waals surface area contributed by atoms with Gasteiger partial charge in [-0.15, -0.1) is 0 Å². The van der Waals surface area contributed by atoms with E-state index >= 15 is 0 Å². The quantitative estimate of drug-likeness (QED) is 0.819. The highest BCUT2D eigenvalue weighted by Gasteiger charge is 2.19. The summed E-state index contributed by atoms with van der Waals surface area (Å²) in [5.41, 5.74) is 2.54. The number of aromatic nitrogens is 2. The number of nitrogens with zero attached hydrogens (tertiary/aromatic N) is 4. The molecule has 2 aromatic rings. The van der Waals surface area contributed by atoms with E-state index in [0.717, 1.165) is 12.5 Å². The topological polar surface area (TPSA) is 24.3 Å². The van der Waals surface area contributed by atoms with Crippen LogP contribution in [0.1, 0.15) is 25.3 Å². The van der Waals surface area contributed by atoms with Crippen LogP contribution in [0.15, 0.2) is 43.0 Å². The van der Waals surface area contributed by atoms with Crippen LogP contribution in [0.2, 0.25) is 0 Å². The van der Waals surface area contributed by atoms with E-state index in [1.165, 1.54) is 50.3 Å². The van der Waals surface area contributed by atoms with Gasteiger partial charge in [0.25, 0.3) is 0 Å². The highest BCUT2D eigenvalue weighted by atomic mass is 15.1. The first-order valence-electron chi connectivity index (χ1n) is 8.72. The second-order valence-corrected chi connectivity index (χ2v) is 6.73. The molecule has 124 valence electrons. The Morgan fingerprint density at radius 1 is 1.26 bits per heavy atom. The molecule has 0 amide bonds. The second kappa shape index (κ2) is 7.75. The Balaban J connectivity index is 1.52. The number of rotatable bonds is 6. The van der Waals surface area contributed by atoms with Crippen molar-refractivity contribution in [1.82, 2.24) is 19.4 Å². The minimum absolute atomic E-state index is 0.818. The van der Waals surface area contributed by atoms with Gasteiger partial charge in [0.05, 0.1) is 6.33 Å². The van der Waals surface area contributed by atoms with Crippen LogP contribution in [0.4, 0.5) is 0 Å². The second-order valence-electron chi connectivity index (χ2n) is 6.73. The lowest BCUT2D eigenvalue weighted by molar-refractivity contribution is 0.146. The lowest BCUT2D eigenvalue weighted by Gasteiger charge is -2.34. The zero-order valence-corrected chi connectivity index (χ0v) is 14.4. The smallest absolute Gasteiger partial charge is 0.0991 e. The average Bonchev–Trinajstić information content (AvgIpc) is 3.10. The Morgan fingerprint density at radius 3 is 2.78 bits per heavy atom. The van der Waals surface area contributed by atoms with Gasteiger partial charge in [0.2, 0.25) is 0 Å². The molecule has 23 heavy (non-hydrogen) atoms. The van der Waals surface area contributed by atoms with Gasteiger partial charge in [-0.1, -0.05) is 19.1 Å². The molecule has 0 spiro atoms. The van der Waals surface area contributed by atoms with Crippen molar-refractivity contribution in [1.29, 1.82) is 0 Å². The van der Waals surface area contributed by atoms with Crippen molar-refractivity contribution in [2.75, 3.05) is 33.2 Å². The molecule has 1 fully saturated rings. The molecule has 0 bridgehead atoms. The van der Waals surface area contributed by atoms with Crippen LogP contribution in [-0.2, 0) is 6.54 Å². The Kier molecular flexibility index (Phi) is 5.47. The van der Waals surface area contributed by atoms with Gasteiger partial charge in [-0.25, -0.2) is 4.98 Å². The van der Waals surface area contributed by atoms with Gasteiger partial charge >= 0.3 is 0 Å². The molecule has 0 N–H and O–H groups in total. The largest absolute Gasteiger partial charge is 0.306 e. The first-order valence-corrected chi connectivity index (χ1v) is 8.72. The van der Waals surface area contributed by atoms with Gasteiger partial charge < -0.3 is 14.4 Å². The Hall–Kier alpha value is -1.65. The Bertz CT molecular complexity index is 576. The molecule has 4 heteroatoms. The minimum atomic E-state index is 0.818. The Labute approximate surface area is 139 Å². The average molecular weight is 312 g/mol. The summed E-state index contributed by atoms with van der Waals surface area (Å²) in [5.74, 6) is 0.818. The van der Waals surface area contributed by atoms with Gasteiger partial charge in [0.1, 0.15) is 0 Å². The zero-order valence-electron chi connectivity index (χ0n) is 14.4. The predicted octanol–water partition coefficient (Wildman–Crippen LogP) is 3.04. The van der Waals surface area contributed by atoms with Crippen LogP contribution >= 0.6 is 0 Å². The van der Waals surface area contributed by atoms with E-state index in [2.05, 4.69) is 53.0 Å². The van der Waals surface area contributed by atoms with E-state index in [9.17, 15) is 0 Å². The van der Waals surface area contributed by atoms with Crippen LogP contribution in [0, 0.1) is 5.92 Å². The number of benzene rings is 1. The number of hydrogen-bond donors (Lipinski definition) is 0. The third-order valence-corrected chi connectivity index (χ3v) is 4.81. The summed E-state index contributed by atoms with van der Waals surface area (Å²) >= 11 is 0. The molecule has 0 radical (unpaired) electrons. The van der Waals surface area contributed by atoms with Gasteiger partial charge in [0.15, 0.2) is 0 Å². The van der Waals surface area contributed by atoms with Crippen molar-refractivity contribution in [3.05, 3.63) is 48.5 Å². The molecule has 0 aliphatic carbocycles. The lowest BCUT2D eigenvalue weighted by atomic mass is 9.97. The summed E-state index contributed by atoms with van der Waals surface area (Å²) in [6, 6.07) is 8.80. The molecule has 1 atom stereocenters. The molecule has 0 saturated carbocycles. The van der Waals surface area contributed by atoms with Gasteiger partial charge in [-0.3, -0.25) is 0 Å². The van der Waals surface area contributed by atoms with Gasteiger partial charge in [0, 0.05) is 37.7 Å². The third kappa shape index (κ3) is 4.43. The molecule has 0 unspecified atom stereocenters. The van der Waals surface area contributed by atoms with E-state index in [4.69, 9.17) is 0 Å². The standard InChI is InChI=1S/C19H28N4/c1-3-22-11-4-5-18(15-22)14-21(2)13-17-6-8-19(9-7-17)23-12-10-20-16-23/h6-10,12,16,18H,3-5,11,13-15H2,1-2H3/t18-/m1/s1. The molecule has 1 aromatic heterocycles. The normalized spacial score (nSPS) is 19.3. The number of piperidine rings is 1. The molecule has 3 rings (SSSR count). The summed E-state index contributed by atoms with van der Waals surface area (Å²) in [4.78, 5) is 9.15. The summed E-state index contributed by atoms with van der Waals surface area (Å²) in [6.45, 7) is 8.23. The SMILES string of the molecule is CCN1CCC[C@H](CN(C)Cc2ccc(-n3ccnc3)cc2)C1. The fourth-order valence-electron chi connectivity index (χ4n) is 3.59. The van der Waals surface area contributed by atoms with Crippen molar-refractivity contribution < 1.29 is 0 Å². The summed E-state index contributed by atoms with van der Waals surface area (Å²) in [5, 5.41) is 0. The van der Waals surface area contributed by atoms with Crippen molar-refractivity contribution in [3.63, 3.8) is 0 Å². The summed E-state index contributed by atoms with van der Waals surface area (Å²) in [6.07, 6.45) is 8.35. The van der Waals surface area contributed by atoms with Crippen molar-refractivity contribution in [2.45, 2.75) is 26.3 Å². The Morgan fingerprint density at radius 2 is 2.09 bits per heavy atom. The maximum Gasteiger partial charge on any atom is 0.0991 e. The van der Waals surface area contributed by atoms with Crippen molar-refractivity contribution in [2.24, 2.45) is 5.92 Å². The fourth-order valence-corrected chi connectivity index (χ4v) is 3.59. The maximum absolute atomic E-state index is 4.10. The first-order chi connectivity index (χ1) is 11.2. The monoisotopic (exact) mass is 312 g/mol. The van der Waals surface area contributed by atoms with E-state index in [-0.39, 0.29) is 0 Å². The molecular formula is C19H28N4. The van der Waals surface area contributed by atoms with Crippen LogP contribution in [-0.4, -0.2) is 52.6 Å². The van der Waals surface area contributed by atoms with Crippen molar-refractivity contribution >= 4 is 0 Å². The van der Waals surface area contributed by atoms with E-state index in [1.807, 2.05) is 23.3 Å². The van der Waals surface area contributed by atoms with Crippen LogP contribution in [0.3, 0.4) is 0 Å². The fraction of sp³-hybridized carbons (Fsp3) is 0.526. The molecule has 1 aliphatic heterocycles. The van der Waals surface area contributed by atoms with Crippen molar-refractivity contribution in [3.8, 4) is 5.69 Å². The molecule has 1 aliphatic rings. The molecule has 2 heterocycles. The van der Waals surface area contributed by atoms with E-state index < -0.39 is 0 Å². The number of likely N-dealkylation sites (tertiary alicyclic amines) is 1. The van der Waals surface area contributed by atoms with E-state index in [0.29, 0.717) is 0 Å². The first kappa shape index (κ1) is 16.2. The lowest BCUT2D eigenvalue weighted by Crippen LogP contribution is -2.39. The summed E-state index contributed by atoms with van der Waals surface area (Å²) in [7, 11) is 2.24. The van der Waals surface area contributed by atoms with Gasteiger partial charge in [-0.2, -0.15) is 0 Å². The van der Waals surface area contributed by atoms with Gasteiger partial charge in [-0.05, 0) is 56.6 Å². The third-order valence-electron chi connectivity index (χ3n) is 4.81. The zero-order chi connectivity index (χ0) is 16.1. The van der Waals surface area contributed by atoms with Crippen LogP contribution in [0.25, 0.3) is 5.69 Å². The predicted molar refractivity (Wildman–Crippen MR) is 94.7 cm³/mol. The summed E-state index contributed by atoms with van der Waals surface area (Å²) < 4.78 is 2.04. The minimum Gasteiger partial charge on any atom is -0.306 e. The molecule has 1 saturated heterocycles. The highest BCUT2D eigenvalue weighted by molar-refractivity contribution is 5.34. The molecular weight excluding hydrogens is 284 g/mol. The molecule has 4 nitrogen and oxygen atoms in total. The highest BCUT2D eigenvalue weighted by Crippen LogP contribution is 2.18. The maximum atomic E-state index is 4.10. The van der Waals surface area contributed by atoms with Crippen LogP contribution in [0.5, 0.6) is 0 Å². The van der Waals surface area contributed by atoms with Crippen LogP contribution < -0.4 is 0 Å². The van der Waals surface area contributed by atoms with E-state index in [1.54, 1.807) is 0 Å².